The number of nitrogens with one attached hydrogen (secondary N) is 2. The molecule has 2 heterocycles. The second-order valence-electron chi connectivity index (χ2n) is 7.64. The van der Waals surface area contributed by atoms with Gasteiger partial charge in [-0.1, -0.05) is 0 Å². The highest BCUT2D eigenvalue weighted by molar-refractivity contribution is 5.89. The van der Waals surface area contributed by atoms with Gasteiger partial charge in [0.15, 0.2) is 5.82 Å². The van der Waals surface area contributed by atoms with Gasteiger partial charge in [-0.15, -0.1) is 5.10 Å². The lowest BCUT2D eigenvalue weighted by Crippen LogP contribution is -2.34. The monoisotopic (exact) mass is 396 g/mol. The number of benzene rings is 1. The topological polar surface area (TPSA) is 103 Å². The summed E-state index contributed by atoms with van der Waals surface area (Å²) in [5.74, 6) is 0.471. The van der Waals surface area contributed by atoms with E-state index >= 15 is 0 Å². The first kappa shape index (κ1) is 17.8. The third-order valence-electron chi connectivity index (χ3n) is 5.39. The van der Waals surface area contributed by atoms with E-state index in [0.29, 0.717) is 11.5 Å². The molecule has 0 bridgehead atoms. The first-order valence-electron chi connectivity index (χ1n) is 9.76. The predicted octanol–water partition coefficient (Wildman–Crippen LogP) is 2.61. The number of carbonyl (C=O) groups excluding carboxylic acids is 1. The van der Waals surface area contributed by atoms with Gasteiger partial charge in [0, 0.05) is 30.4 Å². The number of fused-ring (bicyclic) bond motifs is 1. The first-order chi connectivity index (χ1) is 14.1. The Bertz CT molecular complexity index is 1070. The van der Waals surface area contributed by atoms with Gasteiger partial charge in [0.2, 0.25) is 0 Å². The highest BCUT2D eigenvalue weighted by atomic mass is 19.1. The van der Waals surface area contributed by atoms with Gasteiger partial charge in [0.1, 0.15) is 11.5 Å². The predicted molar refractivity (Wildman–Crippen MR) is 102 cm³/mol. The van der Waals surface area contributed by atoms with Gasteiger partial charge in [0.25, 0.3) is 0 Å². The largest absolute Gasteiger partial charge is 0.331 e. The number of urea groups is 1. The molecule has 2 N–H and O–H groups in total. The average Bonchev–Trinajstić information content (AvgIpc) is 3.28. The Morgan fingerprint density at radius 3 is 2.97 bits per heavy atom. The zero-order chi connectivity index (χ0) is 20.0. The lowest BCUT2D eigenvalue weighted by molar-refractivity contribution is 0.247. The number of halogens is 1. The summed E-state index contributed by atoms with van der Waals surface area (Å²) in [6, 6.07) is 3.95. The number of hydrogen-bond donors (Lipinski definition) is 2. The number of aromatic nitrogens is 6. The lowest BCUT2D eigenvalue weighted by Gasteiger charge is -2.23. The summed E-state index contributed by atoms with van der Waals surface area (Å²) in [4.78, 5) is 12.6. The quantitative estimate of drug-likeness (QED) is 0.706. The number of tetrazole rings is 1. The third kappa shape index (κ3) is 3.45. The molecular formula is C19H21FN8O. The number of aryl methyl sites for hydroxylation is 2. The molecule has 3 aromatic rings. The fourth-order valence-corrected chi connectivity index (χ4v) is 3.86. The first-order valence-corrected chi connectivity index (χ1v) is 9.76. The van der Waals surface area contributed by atoms with Crippen molar-refractivity contribution < 1.29 is 9.18 Å². The molecule has 5 rings (SSSR count). The van der Waals surface area contributed by atoms with Crippen LogP contribution in [0.1, 0.15) is 54.7 Å². The zero-order valence-electron chi connectivity index (χ0n) is 16.0. The van der Waals surface area contributed by atoms with E-state index in [2.05, 4.69) is 31.3 Å². The van der Waals surface area contributed by atoms with Gasteiger partial charge in [0.05, 0.1) is 11.7 Å². The van der Waals surface area contributed by atoms with Crippen molar-refractivity contribution in [3.8, 4) is 5.69 Å². The normalized spacial score (nSPS) is 18.3. The fraction of sp³-hybridized carbons (Fsp3) is 0.421. The van der Waals surface area contributed by atoms with Crippen LogP contribution in [0.15, 0.2) is 24.4 Å². The van der Waals surface area contributed by atoms with E-state index in [-0.39, 0.29) is 23.7 Å². The molecule has 9 nitrogen and oxygen atoms in total. The smallest absolute Gasteiger partial charge is 0.319 e. The molecule has 0 saturated heterocycles. The number of nitrogens with zero attached hydrogens (tertiary/aromatic N) is 6. The summed E-state index contributed by atoms with van der Waals surface area (Å²) in [7, 11) is 1.88. The van der Waals surface area contributed by atoms with Crippen LogP contribution in [0.4, 0.5) is 14.9 Å². The molecule has 2 amide bonds. The van der Waals surface area contributed by atoms with Crippen molar-refractivity contribution in [3.63, 3.8) is 0 Å². The number of anilines is 1. The van der Waals surface area contributed by atoms with Gasteiger partial charge in [-0.25, -0.2) is 9.18 Å². The molecule has 1 saturated carbocycles. The Morgan fingerprint density at radius 1 is 1.28 bits per heavy atom. The molecule has 0 spiro atoms. The van der Waals surface area contributed by atoms with Gasteiger partial charge in [-0.2, -0.15) is 9.78 Å². The fourth-order valence-electron chi connectivity index (χ4n) is 3.86. The zero-order valence-corrected chi connectivity index (χ0v) is 16.0. The van der Waals surface area contributed by atoms with Crippen molar-refractivity contribution in [2.24, 2.45) is 7.05 Å². The van der Waals surface area contributed by atoms with Crippen molar-refractivity contribution in [3.05, 3.63) is 47.3 Å². The maximum absolute atomic E-state index is 14.4. The minimum Gasteiger partial charge on any atom is -0.331 e. The summed E-state index contributed by atoms with van der Waals surface area (Å²) < 4.78 is 17.6. The number of hydrogen-bond acceptors (Lipinski definition) is 5. The van der Waals surface area contributed by atoms with Crippen LogP contribution in [0.3, 0.4) is 0 Å². The molecule has 10 heteroatoms. The maximum atomic E-state index is 14.4. The number of carbonyl (C=O) groups is 1. The molecular weight excluding hydrogens is 375 g/mol. The van der Waals surface area contributed by atoms with Crippen LogP contribution in [0, 0.1) is 5.82 Å². The summed E-state index contributed by atoms with van der Waals surface area (Å²) in [5, 5.41) is 21.9. The van der Waals surface area contributed by atoms with E-state index < -0.39 is 5.82 Å². The van der Waals surface area contributed by atoms with E-state index in [1.807, 2.05) is 13.2 Å². The van der Waals surface area contributed by atoms with Crippen LogP contribution in [-0.2, 0) is 13.5 Å². The van der Waals surface area contributed by atoms with Gasteiger partial charge < -0.3 is 10.6 Å². The molecule has 0 radical (unpaired) electrons. The maximum Gasteiger partial charge on any atom is 0.319 e. The van der Waals surface area contributed by atoms with E-state index in [1.165, 1.54) is 16.8 Å². The van der Waals surface area contributed by atoms with Gasteiger partial charge in [-0.3, -0.25) is 4.68 Å². The van der Waals surface area contributed by atoms with E-state index in [1.54, 1.807) is 10.7 Å². The molecule has 1 aromatic carbocycles. The Hall–Kier alpha value is -3.30. The van der Waals surface area contributed by atoms with Gasteiger partial charge in [-0.05, 0) is 60.7 Å². The molecule has 150 valence electrons. The highest BCUT2D eigenvalue weighted by Crippen LogP contribution is 2.39. The molecule has 0 aliphatic heterocycles. The Balaban J connectivity index is 1.33. The summed E-state index contributed by atoms with van der Waals surface area (Å²) in [6.07, 6.45) is 6.70. The van der Waals surface area contributed by atoms with Crippen LogP contribution < -0.4 is 10.6 Å². The van der Waals surface area contributed by atoms with Crippen LogP contribution in [0.25, 0.3) is 5.69 Å². The van der Waals surface area contributed by atoms with Crippen molar-refractivity contribution in [2.75, 3.05) is 5.32 Å². The van der Waals surface area contributed by atoms with Crippen molar-refractivity contribution in [1.29, 1.82) is 0 Å². The standard InChI is InChI=1S/C19H21FN8O/c1-27-10-13-15(3-2-4-16(13)24-27)22-19(29)21-12-7-8-14(20)17(9-12)28-18(11-5-6-11)23-25-26-28/h7-11,15H,2-6H2,1H3,(H2,21,22,29). The van der Waals surface area contributed by atoms with Crippen molar-refractivity contribution in [1.82, 2.24) is 35.3 Å². The minimum absolute atomic E-state index is 0.0895. The molecule has 2 aliphatic rings. The number of amides is 2. The Labute approximate surface area is 166 Å². The summed E-state index contributed by atoms with van der Waals surface area (Å²) >= 11 is 0. The second kappa shape index (κ2) is 6.94. The minimum atomic E-state index is -0.447. The summed E-state index contributed by atoms with van der Waals surface area (Å²) in [6.45, 7) is 0. The van der Waals surface area contributed by atoms with Crippen LogP contribution in [0.5, 0.6) is 0 Å². The molecule has 2 aliphatic carbocycles. The lowest BCUT2D eigenvalue weighted by atomic mass is 9.93. The Kier molecular flexibility index (Phi) is 4.26. The van der Waals surface area contributed by atoms with Crippen molar-refractivity contribution >= 4 is 11.7 Å². The molecule has 29 heavy (non-hydrogen) atoms. The number of rotatable bonds is 4. The van der Waals surface area contributed by atoms with Gasteiger partial charge >= 0.3 is 6.03 Å². The van der Waals surface area contributed by atoms with Crippen LogP contribution in [0.2, 0.25) is 0 Å². The molecule has 2 aromatic heterocycles. The van der Waals surface area contributed by atoms with Crippen molar-refractivity contribution in [2.45, 2.75) is 44.1 Å². The van der Waals surface area contributed by atoms with E-state index in [9.17, 15) is 9.18 Å². The van der Waals surface area contributed by atoms with E-state index in [0.717, 1.165) is 43.4 Å². The van der Waals surface area contributed by atoms with E-state index in [4.69, 9.17) is 0 Å². The summed E-state index contributed by atoms with van der Waals surface area (Å²) in [5.41, 5.74) is 2.77. The van der Waals surface area contributed by atoms with Crippen LogP contribution in [-0.4, -0.2) is 36.0 Å². The SMILES string of the molecule is Cn1cc2c(n1)CCCC2NC(=O)Nc1ccc(F)c(-n2nnnc2C2CC2)c1. The Morgan fingerprint density at radius 2 is 2.14 bits per heavy atom. The molecule has 1 unspecified atom stereocenters. The third-order valence-corrected chi connectivity index (χ3v) is 5.39. The van der Waals surface area contributed by atoms with Crippen LogP contribution >= 0.6 is 0 Å². The molecule has 1 fully saturated rings. The molecule has 1 atom stereocenters. The highest BCUT2D eigenvalue weighted by Gasteiger charge is 2.31. The average molecular weight is 396 g/mol. The second-order valence-corrected chi connectivity index (χ2v) is 7.64.